The first-order valence-corrected chi connectivity index (χ1v) is 12.9. The van der Waals surface area contributed by atoms with Gasteiger partial charge in [0, 0.05) is 0 Å². The van der Waals surface area contributed by atoms with Crippen molar-refractivity contribution in [3.05, 3.63) is 84.6 Å². The van der Waals surface area contributed by atoms with E-state index in [1.807, 2.05) is 10.2 Å². The summed E-state index contributed by atoms with van der Waals surface area (Å²) < 4.78 is 48.0. The van der Waals surface area contributed by atoms with Crippen molar-refractivity contribution in [3.8, 4) is 17.6 Å². The van der Waals surface area contributed by atoms with E-state index in [1.54, 1.807) is 13.0 Å². The van der Waals surface area contributed by atoms with Crippen molar-refractivity contribution in [1.29, 1.82) is 5.26 Å². The number of aromatic nitrogens is 2. The topological polar surface area (TPSA) is 110 Å². The molecular weight excluding hydrogens is 609 g/mol. The second kappa shape index (κ2) is 11.3. The van der Waals surface area contributed by atoms with Gasteiger partial charge in [0.1, 0.15) is 0 Å². The number of allylic oxidation sites excluding steroid dienone is 3. The van der Waals surface area contributed by atoms with Crippen LogP contribution in [-0.2, 0) is 17.2 Å². The van der Waals surface area contributed by atoms with Crippen LogP contribution >= 0.6 is 11.6 Å². The number of alkyl halides is 2. The Kier molecular flexibility index (Phi) is 8.65. The summed E-state index contributed by atoms with van der Waals surface area (Å²) in [4.78, 5) is 17.2. The predicted molar refractivity (Wildman–Crippen MR) is 126 cm³/mol. The Hall–Kier alpha value is -3.08. The average Bonchev–Trinajstić information content (AvgIpc) is 3.03. The van der Waals surface area contributed by atoms with Gasteiger partial charge in [0.25, 0.3) is 0 Å². The van der Waals surface area contributed by atoms with Crippen molar-refractivity contribution < 1.29 is 44.8 Å². The van der Waals surface area contributed by atoms with Crippen LogP contribution in [0.3, 0.4) is 0 Å². The fraction of sp³-hybridized carbons (Fsp3) is 0.250. The van der Waals surface area contributed by atoms with Crippen LogP contribution in [0, 0.1) is 11.3 Å². The third kappa shape index (κ3) is 6.00. The van der Waals surface area contributed by atoms with E-state index in [1.165, 1.54) is 25.3 Å². The van der Waals surface area contributed by atoms with Crippen LogP contribution in [-0.4, -0.2) is 33.8 Å². The van der Waals surface area contributed by atoms with E-state index in [2.05, 4.69) is 14.8 Å². The van der Waals surface area contributed by atoms with E-state index in [0.29, 0.717) is 17.0 Å². The SMILES string of the molecule is C=C(C)C(F)(F)c1ncn(CC2=C[I-]N=C(OC)C(C(C)O)=C2)c(=O)c1Oc1cc(Cl)cc(C#N)c1. The van der Waals surface area contributed by atoms with E-state index in [0.717, 1.165) is 17.8 Å². The third-order valence-electron chi connectivity index (χ3n) is 4.95. The summed E-state index contributed by atoms with van der Waals surface area (Å²) in [6, 6.07) is 5.81. The van der Waals surface area contributed by atoms with Gasteiger partial charge >= 0.3 is 222 Å². The van der Waals surface area contributed by atoms with Crippen LogP contribution in [0.5, 0.6) is 11.5 Å². The Bertz CT molecular complexity index is 1390. The number of benzene rings is 1. The minimum atomic E-state index is -3.67. The van der Waals surface area contributed by atoms with Crippen LogP contribution in [0.1, 0.15) is 25.1 Å². The predicted octanol–water partition coefficient (Wildman–Crippen LogP) is 1.48. The third-order valence-corrected chi connectivity index (χ3v) is 6.96. The zero-order valence-corrected chi connectivity index (χ0v) is 22.3. The number of hydrogen-bond acceptors (Lipinski definition) is 7. The molecule has 0 spiro atoms. The normalized spacial score (nSPS) is 14.8. The molecule has 36 heavy (non-hydrogen) atoms. The molecular formula is C24H21ClF2IN4O4-. The maximum absolute atomic E-state index is 15.0. The van der Waals surface area contributed by atoms with Gasteiger partial charge in [0.15, 0.2) is 0 Å². The first-order chi connectivity index (χ1) is 17.0. The molecule has 1 N–H and O–H groups in total. The minimum absolute atomic E-state index is 0.0530. The molecule has 0 amide bonds. The molecule has 1 unspecified atom stereocenters. The Labute approximate surface area is 221 Å². The van der Waals surface area contributed by atoms with Crippen molar-refractivity contribution in [2.24, 2.45) is 3.21 Å². The fourth-order valence-corrected chi connectivity index (χ4v) is 4.93. The molecule has 1 aromatic carbocycles. The number of ether oxygens (including phenoxy) is 2. The zero-order valence-electron chi connectivity index (χ0n) is 19.4. The monoisotopic (exact) mass is 629 g/mol. The molecule has 1 aliphatic heterocycles. The molecule has 190 valence electrons. The first kappa shape index (κ1) is 27.5. The van der Waals surface area contributed by atoms with Crippen LogP contribution in [0.15, 0.2) is 66.0 Å². The number of methoxy groups -OCH3 is 1. The molecule has 2 aromatic rings. The second-order valence-electron chi connectivity index (χ2n) is 7.75. The van der Waals surface area contributed by atoms with Crippen molar-refractivity contribution in [2.75, 3.05) is 7.11 Å². The first-order valence-electron chi connectivity index (χ1n) is 10.3. The number of nitrogens with zero attached hydrogens (tertiary/aromatic N) is 4. The summed E-state index contributed by atoms with van der Waals surface area (Å²) in [6.07, 6.45) is 1.74. The van der Waals surface area contributed by atoms with Gasteiger partial charge in [-0.25, -0.2) is 0 Å². The van der Waals surface area contributed by atoms with E-state index >= 15 is 0 Å². The number of aliphatic hydroxyl groups excluding tert-OH is 1. The molecule has 8 nitrogen and oxygen atoms in total. The van der Waals surface area contributed by atoms with Gasteiger partial charge in [-0.15, -0.1) is 0 Å². The Balaban J connectivity index is 2.11. The van der Waals surface area contributed by atoms with Crippen molar-refractivity contribution >= 4 is 17.5 Å². The molecule has 0 aliphatic carbocycles. The summed E-state index contributed by atoms with van der Waals surface area (Å²) >= 11 is 5.15. The van der Waals surface area contributed by atoms with Crippen LogP contribution in [0.4, 0.5) is 8.78 Å². The van der Waals surface area contributed by atoms with E-state index in [4.69, 9.17) is 21.1 Å². The molecule has 0 bridgehead atoms. The van der Waals surface area contributed by atoms with Gasteiger partial charge < -0.3 is 0 Å². The summed E-state index contributed by atoms with van der Waals surface area (Å²) in [6.45, 7) is 5.92. The Morgan fingerprint density at radius 1 is 1.42 bits per heavy atom. The van der Waals surface area contributed by atoms with Crippen molar-refractivity contribution in [2.45, 2.75) is 32.4 Å². The standard InChI is InChI=1S/C24H21ClF2IN4O4/c1-13(2)24(26,27)21-20(36-18-6-15(10-29)5-17(25)8-18)23(34)32(12-30-21)11-16-7-19(14(3)33)22(35-4)31-28-9-16/h5-9,12,14,33H,1,11H2,2-4H3/q-1. The second-order valence-corrected chi connectivity index (χ2v) is 9.85. The maximum atomic E-state index is 15.0. The van der Waals surface area contributed by atoms with Crippen molar-refractivity contribution in [1.82, 2.24) is 9.55 Å². The Morgan fingerprint density at radius 2 is 2.14 bits per heavy atom. The number of halogens is 4. The summed E-state index contributed by atoms with van der Waals surface area (Å²) in [5.74, 6) is -4.18. The van der Waals surface area contributed by atoms with Crippen LogP contribution in [0.25, 0.3) is 0 Å². The van der Waals surface area contributed by atoms with Gasteiger partial charge in [-0.2, -0.15) is 0 Å². The fourth-order valence-electron chi connectivity index (χ4n) is 3.11. The number of aliphatic hydroxyl groups is 1. The molecule has 2 heterocycles. The molecule has 0 saturated heterocycles. The number of nitriles is 1. The summed E-state index contributed by atoms with van der Waals surface area (Å²) in [5.41, 5.74) is -1.19. The van der Waals surface area contributed by atoms with E-state index < -0.39 is 56.1 Å². The van der Waals surface area contributed by atoms with Crippen LogP contribution in [0.2, 0.25) is 5.02 Å². The van der Waals surface area contributed by atoms with E-state index in [-0.39, 0.29) is 22.9 Å². The molecule has 0 fully saturated rings. The molecule has 0 saturated carbocycles. The molecule has 0 radical (unpaired) electrons. The quantitative estimate of drug-likeness (QED) is 0.367. The van der Waals surface area contributed by atoms with Crippen molar-refractivity contribution in [3.63, 3.8) is 0 Å². The van der Waals surface area contributed by atoms with Crippen LogP contribution < -0.4 is 31.8 Å². The van der Waals surface area contributed by atoms with Gasteiger partial charge in [-0.3, -0.25) is 0 Å². The molecule has 1 aliphatic rings. The van der Waals surface area contributed by atoms with E-state index in [9.17, 15) is 23.9 Å². The summed E-state index contributed by atoms with van der Waals surface area (Å²) in [7, 11) is 1.44. The Morgan fingerprint density at radius 3 is 2.75 bits per heavy atom. The zero-order chi connectivity index (χ0) is 26.6. The molecule has 3 rings (SSSR count). The molecule has 12 heteroatoms. The van der Waals surface area contributed by atoms with Gasteiger partial charge in [0.05, 0.1) is 0 Å². The molecule has 1 atom stereocenters. The van der Waals surface area contributed by atoms with Gasteiger partial charge in [0.2, 0.25) is 0 Å². The number of rotatable bonds is 7. The van der Waals surface area contributed by atoms with Gasteiger partial charge in [-0.05, 0) is 0 Å². The number of hydrogen-bond donors (Lipinski definition) is 1. The van der Waals surface area contributed by atoms with Gasteiger partial charge in [-0.1, -0.05) is 0 Å². The molecule has 1 aromatic heterocycles. The average molecular weight is 630 g/mol. The summed E-state index contributed by atoms with van der Waals surface area (Å²) in [5, 5.41) is 19.4.